The summed E-state index contributed by atoms with van der Waals surface area (Å²) in [5.74, 6) is 2.02. The Balaban J connectivity index is 1.48. The van der Waals surface area contributed by atoms with Gasteiger partial charge in [0.2, 0.25) is 6.79 Å². The minimum Gasteiger partial charge on any atom is -0.504 e. The van der Waals surface area contributed by atoms with Gasteiger partial charge < -0.3 is 29.0 Å². The van der Waals surface area contributed by atoms with Gasteiger partial charge >= 0.3 is 6.09 Å². The van der Waals surface area contributed by atoms with E-state index in [1.165, 1.54) is 0 Å². The van der Waals surface area contributed by atoms with Gasteiger partial charge in [-0.05, 0) is 43.7 Å². The number of carbonyl (C=O) groups excluding carboxylic acids is 1. The van der Waals surface area contributed by atoms with Gasteiger partial charge in [-0.3, -0.25) is 10.3 Å². The number of amides is 1. The third kappa shape index (κ3) is 4.60. The molecule has 1 amide bonds. The third-order valence-corrected chi connectivity index (χ3v) is 6.72. The zero-order chi connectivity index (χ0) is 24.4. The lowest BCUT2D eigenvalue weighted by Crippen LogP contribution is -2.56. The molecule has 0 aliphatic carbocycles. The number of carbonyl (C=O) groups is 1. The number of aliphatic imine (C=N–C) groups is 1. The Hall–Kier alpha value is -3.46. The van der Waals surface area contributed by atoms with Crippen LogP contribution < -0.4 is 19.5 Å². The summed E-state index contributed by atoms with van der Waals surface area (Å²) in [6, 6.07) is 11.2. The number of fused-ring (bicyclic) bond motifs is 1. The maximum Gasteiger partial charge on any atom is 0.409 e. The van der Waals surface area contributed by atoms with E-state index in [2.05, 4.69) is 5.32 Å². The SMILES string of the molecule is CCOC(=O)N1CCC2(CC1)N=C(c1ccc3c(c1)OCO3)CC(c1cccc(OCC)c1O)N2. The van der Waals surface area contributed by atoms with Crippen LogP contribution in [0.25, 0.3) is 0 Å². The molecule has 0 aromatic heterocycles. The first-order valence-electron chi connectivity index (χ1n) is 12.1. The van der Waals surface area contributed by atoms with Crippen molar-refractivity contribution in [2.75, 3.05) is 33.1 Å². The van der Waals surface area contributed by atoms with Crippen molar-refractivity contribution in [1.82, 2.24) is 10.2 Å². The first-order valence-corrected chi connectivity index (χ1v) is 12.1. The second-order valence-corrected chi connectivity index (χ2v) is 8.87. The molecule has 186 valence electrons. The molecule has 5 rings (SSSR count). The third-order valence-electron chi connectivity index (χ3n) is 6.72. The standard InChI is InChI=1S/C26H31N3O6/c1-3-32-22-7-5-6-18(24(22)30)20-15-19(17-8-9-21-23(14-17)35-16-34-21)27-26(28-20)10-12-29(13-11-26)25(31)33-4-2/h5-9,14,20,28,30H,3-4,10-13,15-16H2,1-2H3. The van der Waals surface area contributed by atoms with Crippen molar-refractivity contribution in [3.8, 4) is 23.0 Å². The number of piperidine rings is 1. The lowest BCUT2D eigenvalue weighted by Gasteiger charge is -2.45. The van der Waals surface area contributed by atoms with Crippen LogP contribution >= 0.6 is 0 Å². The number of phenols is 1. The fraction of sp³-hybridized carbons (Fsp3) is 0.462. The van der Waals surface area contributed by atoms with Crippen molar-refractivity contribution in [3.05, 3.63) is 47.5 Å². The van der Waals surface area contributed by atoms with Gasteiger partial charge in [-0.25, -0.2) is 4.79 Å². The maximum atomic E-state index is 12.3. The maximum absolute atomic E-state index is 12.3. The van der Waals surface area contributed by atoms with Crippen LogP contribution in [0.4, 0.5) is 4.79 Å². The number of hydrogen-bond acceptors (Lipinski definition) is 8. The summed E-state index contributed by atoms with van der Waals surface area (Å²) in [6.07, 6.45) is 1.54. The minimum atomic E-state index is -0.578. The molecule has 2 N–H and O–H groups in total. The quantitative estimate of drug-likeness (QED) is 0.666. The summed E-state index contributed by atoms with van der Waals surface area (Å²) >= 11 is 0. The number of phenolic OH excluding ortho intramolecular Hbond substituents is 1. The summed E-state index contributed by atoms with van der Waals surface area (Å²) in [7, 11) is 0. The smallest absolute Gasteiger partial charge is 0.409 e. The lowest BCUT2D eigenvalue weighted by atomic mass is 9.87. The normalized spacial score (nSPS) is 20.5. The molecule has 35 heavy (non-hydrogen) atoms. The Morgan fingerprint density at radius 3 is 2.74 bits per heavy atom. The molecule has 1 fully saturated rings. The van der Waals surface area contributed by atoms with Gasteiger partial charge in [-0.1, -0.05) is 12.1 Å². The van der Waals surface area contributed by atoms with E-state index in [0.29, 0.717) is 57.1 Å². The molecule has 9 nitrogen and oxygen atoms in total. The van der Waals surface area contributed by atoms with Crippen LogP contribution in [0, 0.1) is 0 Å². The number of likely N-dealkylation sites (tertiary alicyclic amines) is 1. The van der Waals surface area contributed by atoms with Crippen molar-refractivity contribution in [2.24, 2.45) is 4.99 Å². The highest BCUT2D eigenvalue weighted by Crippen LogP contribution is 2.41. The predicted molar refractivity (Wildman–Crippen MR) is 129 cm³/mol. The lowest BCUT2D eigenvalue weighted by molar-refractivity contribution is 0.0778. The molecule has 3 heterocycles. The highest BCUT2D eigenvalue weighted by atomic mass is 16.7. The van der Waals surface area contributed by atoms with E-state index in [0.717, 1.165) is 22.6 Å². The average molecular weight is 482 g/mol. The highest BCUT2D eigenvalue weighted by Gasteiger charge is 2.42. The van der Waals surface area contributed by atoms with Gasteiger partial charge in [0.25, 0.3) is 0 Å². The molecule has 1 spiro atoms. The number of nitrogens with one attached hydrogen (secondary N) is 1. The summed E-state index contributed by atoms with van der Waals surface area (Å²) in [6.45, 7) is 5.78. The number of benzene rings is 2. The van der Waals surface area contributed by atoms with Crippen LogP contribution in [0.2, 0.25) is 0 Å². The van der Waals surface area contributed by atoms with Gasteiger partial charge in [0.05, 0.1) is 13.2 Å². The molecule has 1 unspecified atom stereocenters. The van der Waals surface area contributed by atoms with Crippen molar-refractivity contribution >= 4 is 11.8 Å². The monoisotopic (exact) mass is 481 g/mol. The number of para-hydroxylation sites is 1. The van der Waals surface area contributed by atoms with Crippen LogP contribution in [-0.2, 0) is 4.74 Å². The number of ether oxygens (including phenoxy) is 4. The average Bonchev–Trinajstić information content (AvgIpc) is 3.34. The zero-order valence-electron chi connectivity index (χ0n) is 20.1. The van der Waals surface area contributed by atoms with Crippen LogP contribution in [0.5, 0.6) is 23.0 Å². The van der Waals surface area contributed by atoms with Gasteiger partial charge in [0.1, 0.15) is 5.66 Å². The number of hydrogen-bond donors (Lipinski definition) is 2. The second-order valence-electron chi connectivity index (χ2n) is 8.87. The van der Waals surface area contributed by atoms with E-state index in [1.807, 2.05) is 37.3 Å². The van der Waals surface area contributed by atoms with E-state index >= 15 is 0 Å². The van der Waals surface area contributed by atoms with Gasteiger partial charge in [0, 0.05) is 49.7 Å². The molecular weight excluding hydrogens is 450 g/mol. The van der Waals surface area contributed by atoms with Gasteiger partial charge in [-0.15, -0.1) is 0 Å². The van der Waals surface area contributed by atoms with Crippen molar-refractivity contribution in [2.45, 2.75) is 44.8 Å². The Morgan fingerprint density at radius 1 is 1.17 bits per heavy atom. The molecule has 2 aromatic rings. The summed E-state index contributed by atoms with van der Waals surface area (Å²) < 4.78 is 21.9. The fourth-order valence-electron chi connectivity index (χ4n) is 4.97. The summed E-state index contributed by atoms with van der Waals surface area (Å²) in [5, 5.41) is 14.7. The van der Waals surface area contributed by atoms with E-state index in [-0.39, 0.29) is 24.7 Å². The van der Waals surface area contributed by atoms with Gasteiger partial charge in [-0.2, -0.15) is 0 Å². The Kier molecular flexibility index (Phi) is 6.42. The molecule has 0 radical (unpaired) electrons. The Morgan fingerprint density at radius 2 is 1.97 bits per heavy atom. The zero-order valence-corrected chi connectivity index (χ0v) is 20.1. The highest BCUT2D eigenvalue weighted by molar-refractivity contribution is 6.02. The number of rotatable bonds is 5. The number of aromatic hydroxyl groups is 1. The van der Waals surface area contributed by atoms with Crippen molar-refractivity contribution < 1.29 is 28.8 Å². The molecular formula is C26H31N3O6. The minimum absolute atomic E-state index is 0.137. The van der Waals surface area contributed by atoms with Crippen LogP contribution in [0.15, 0.2) is 41.4 Å². The van der Waals surface area contributed by atoms with E-state index in [1.54, 1.807) is 17.9 Å². The van der Waals surface area contributed by atoms with Crippen LogP contribution in [0.1, 0.15) is 50.3 Å². The molecule has 9 heteroatoms. The molecule has 0 saturated carbocycles. The van der Waals surface area contributed by atoms with Crippen molar-refractivity contribution in [1.29, 1.82) is 0 Å². The van der Waals surface area contributed by atoms with Crippen LogP contribution in [-0.4, -0.2) is 60.6 Å². The number of nitrogens with zero attached hydrogens (tertiary/aromatic N) is 2. The summed E-state index contributed by atoms with van der Waals surface area (Å²) in [4.78, 5) is 19.2. The Bertz CT molecular complexity index is 1130. The second kappa shape index (κ2) is 9.65. The van der Waals surface area contributed by atoms with Gasteiger partial charge in [0.15, 0.2) is 23.0 Å². The topological polar surface area (TPSA) is 102 Å². The molecule has 3 aliphatic heterocycles. The summed E-state index contributed by atoms with van der Waals surface area (Å²) in [5.41, 5.74) is 2.05. The van der Waals surface area contributed by atoms with E-state index in [9.17, 15) is 9.90 Å². The molecule has 2 aromatic carbocycles. The van der Waals surface area contributed by atoms with Crippen LogP contribution in [0.3, 0.4) is 0 Å². The first kappa shape index (κ1) is 23.3. The first-order chi connectivity index (χ1) is 17.0. The molecule has 1 atom stereocenters. The van der Waals surface area contributed by atoms with E-state index < -0.39 is 5.66 Å². The fourth-order valence-corrected chi connectivity index (χ4v) is 4.97. The molecule has 0 bridgehead atoms. The molecule has 1 saturated heterocycles. The largest absolute Gasteiger partial charge is 0.504 e. The van der Waals surface area contributed by atoms with Crippen molar-refractivity contribution in [3.63, 3.8) is 0 Å². The predicted octanol–water partition coefficient (Wildman–Crippen LogP) is 3.99. The molecule has 3 aliphatic rings. The van der Waals surface area contributed by atoms with E-state index in [4.69, 9.17) is 23.9 Å². The Labute approximate surface area is 204 Å².